The molecular weight excluding hydrogens is 296 g/mol. The van der Waals surface area contributed by atoms with E-state index < -0.39 is 11.7 Å². The number of hydrogen-bond acceptors (Lipinski definition) is 5. The zero-order valence-corrected chi connectivity index (χ0v) is 12.7. The number of rotatable bonds is 6. The molecule has 1 saturated heterocycles. The topological polar surface area (TPSA) is 72.6 Å². The molecule has 3 rings (SSSR count). The molecule has 2 aromatic heterocycles. The summed E-state index contributed by atoms with van der Waals surface area (Å²) in [5.74, 6) is -1.20. The fourth-order valence-corrected chi connectivity index (χ4v) is 2.60. The summed E-state index contributed by atoms with van der Waals surface area (Å²) in [5, 5.41) is 0. The Morgan fingerprint density at radius 3 is 2.83 bits per heavy atom. The summed E-state index contributed by atoms with van der Waals surface area (Å²) in [4.78, 5) is 30.5. The Kier molecular flexibility index (Phi) is 4.83. The van der Waals surface area contributed by atoms with Crippen molar-refractivity contribution in [2.75, 3.05) is 13.2 Å². The number of carbonyl (C=O) groups excluding carboxylic acids is 2. The van der Waals surface area contributed by atoms with Gasteiger partial charge < -0.3 is 14.1 Å². The normalized spacial score (nSPS) is 17.1. The average molecular weight is 314 g/mol. The number of ketones is 1. The van der Waals surface area contributed by atoms with Gasteiger partial charge >= 0.3 is 0 Å². The number of aromatic nitrogens is 1. The second-order valence-electron chi connectivity index (χ2n) is 5.45. The first kappa shape index (κ1) is 15.4. The van der Waals surface area contributed by atoms with Crippen molar-refractivity contribution < 1.29 is 18.7 Å². The standard InChI is InChI=1S/C17H18N2O4/c20-16(15-7-4-10-23-15)17(21)19(12-14-6-3-9-22-14)11-13-5-1-2-8-18-13/h1-2,4-5,7-8,10,14H,3,6,9,11-12H2/t14-/m0/s1. The van der Waals surface area contributed by atoms with Gasteiger partial charge in [-0.2, -0.15) is 0 Å². The van der Waals surface area contributed by atoms with Crippen LogP contribution in [0.3, 0.4) is 0 Å². The lowest BCUT2D eigenvalue weighted by atomic mass is 10.2. The van der Waals surface area contributed by atoms with Crippen molar-refractivity contribution in [3.8, 4) is 0 Å². The van der Waals surface area contributed by atoms with Crippen molar-refractivity contribution in [3.05, 3.63) is 54.2 Å². The Labute approximate surface area is 134 Å². The molecule has 0 aliphatic carbocycles. The summed E-state index contributed by atoms with van der Waals surface area (Å²) in [6, 6.07) is 8.57. The van der Waals surface area contributed by atoms with Crippen molar-refractivity contribution >= 4 is 11.7 Å². The van der Waals surface area contributed by atoms with Crippen LogP contribution in [-0.4, -0.2) is 40.8 Å². The van der Waals surface area contributed by atoms with E-state index >= 15 is 0 Å². The van der Waals surface area contributed by atoms with Crippen LogP contribution in [0.15, 0.2) is 47.2 Å². The average Bonchev–Trinajstić information content (AvgIpc) is 3.27. The Morgan fingerprint density at radius 2 is 2.17 bits per heavy atom. The quantitative estimate of drug-likeness (QED) is 0.603. The van der Waals surface area contributed by atoms with Gasteiger partial charge in [0, 0.05) is 19.3 Å². The molecule has 0 spiro atoms. The van der Waals surface area contributed by atoms with E-state index in [1.54, 1.807) is 12.3 Å². The second-order valence-corrected chi connectivity index (χ2v) is 5.45. The van der Waals surface area contributed by atoms with Crippen molar-refractivity contribution in [2.24, 2.45) is 0 Å². The van der Waals surface area contributed by atoms with Crippen LogP contribution in [0, 0.1) is 0 Å². The van der Waals surface area contributed by atoms with Gasteiger partial charge in [0.2, 0.25) is 0 Å². The molecule has 0 saturated carbocycles. The largest absolute Gasteiger partial charge is 0.461 e. The van der Waals surface area contributed by atoms with E-state index in [1.165, 1.54) is 17.2 Å². The molecule has 120 valence electrons. The van der Waals surface area contributed by atoms with E-state index in [9.17, 15) is 9.59 Å². The lowest BCUT2D eigenvalue weighted by molar-refractivity contribution is -0.128. The highest BCUT2D eigenvalue weighted by molar-refractivity contribution is 6.41. The molecule has 0 radical (unpaired) electrons. The zero-order valence-electron chi connectivity index (χ0n) is 12.7. The van der Waals surface area contributed by atoms with E-state index in [4.69, 9.17) is 9.15 Å². The van der Waals surface area contributed by atoms with Gasteiger partial charge in [-0.1, -0.05) is 6.07 Å². The smallest absolute Gasteiger partial charge is 0.298 e. The second kappa shape index (κ2) is 7.19. The summed E-state index contributed by atoms with van der Waals surface area (Å²) >= 11 is 0. The number of nitrogens with zero attached hydrogens (tertiary/aromatic N) is 2. The van der Waals surface area contributed by atoms with Crippen LogP contribution in [-0.2, 0) is 16.1 Å². The third-order valence-electron chi connectivity index (χ3n) is 3.75. The minimum Gasteiger partial charge on any atom is -0.461 e. The summed E-state index contributed by atoms with van der Waals surface area (Å²) in [6.07, 6.45) is 4.87. The molecular formula is C17H18N2O4. The molecule has 23 heavy (non-hydrogen) atoms. The highest BCUT2D eigenvalue weighted by Gasteiger charge is 2.29. The van der Waals surface area contributed by atoms with Crippen LogP contribution in [0.4, 0.5) is 0 Å². The van der Waals surface area contributed by atoms with Crippen molar-refractivity contribution in [3.63, 3.8) is 0 Å². The Bertz CT molecular complexity index is 648. The summed E-state index contributed by atoms with van der Waals surface area (Å²) in [7, 11) is 0. The summed E-state index contributed by atoms with van der Waals surface area (Å²) < 4.78 is 10.6. The van der Waals surface area contributed by atoms with Crippen LogP contribution in [0.1, 0.15) is 29.1 Å². The molecule has 1 fully saturated rings. The number of furan rings is 1. The summed E-state index contributed by atoms with van der Waals surface area (Å²) in [6.45, 7) is 1.34. The Hall–Kier alpha value is -2.47. The minimum atomic E-state index is -0.649. The van der Waals surface area contributed by atoms with E-state index in [0.29, 0.717) is 13.2 Å². The third kappa shape index (κ3) is 3.84. The number of carbonyl (C=O) groups is 2. The maximum Gasteiger partial charge on any atom is 0.298 e. The lowest BCUT2D eigenvalue weighted by Gasteiger charge is -2.24. The first-order valence-corrected chi connectivity index (χ1v) is 7.62. The molecule has 1 atom stereocenters. The SMILES string of the molecule is O=C(C(=O)N(Cc1ccccn1)C[C@@H]1CCCO1)c1ccco1. The monoisotopic (exact) mass is 314 g/mol. The molecule has 0 unspecified atom stereocenters. The van der Waals surface area contributed by atoms with Gasteiger partial charge in [-0.25, -0.2) is 0 Å². The molecule has 1 aliphatic heterocycles. The van der Waals surface area contributed by atoms with Crippen LogP contribution in [0.25, 0.3) is 0 Å². The van der Waals surface area contributed by atoms with Gasteiger partial charge in [0.05, 0.1) is 24.6 Å². The first-order chi connectivity index (χ1) is 11.2. The molecule has 0 aromatic carbocycles. The van der Waals surface area contributed by atoms with Gasteiger partial charge in [0.15, 0.2) is 5.76 Å². The van der Waals surface area contributed by atoms with Crippen LogP contribution >= 0.6 is 0 Å². The molecule has 6 nitrogen and oxygen atoms in total. The molecule has 1 amide bonds. The molecule has 6 heteroatoms. The van der Waals surface area contributed by atoms with Gasteiger partial charge in [0.25, 0.3) is 11.7 Å². The fourth-order valence-electron chi connectivity index (χ4n) is 2.60. The van der Waals surface area contributed by atoms with Crippen LogP contribution in [0.2, 0.25) is 0 Å². The van der Waals surface area contributed by atoms with Gasteiger partial charge in [-0.15, -0.1) is 0 Å². The van der Waals surface area contributed by atoms with Gasteiger partial charge in [-0.3, -0.25) is 14.6 Å². The fraction of sp³-hybridized carbons (Fsp3) is 0.353. The number of ether oxygens (including phenoxy) is 1. The van der Waals surface area contributed by atoms with Crippen LogP contribution in [0.5, 0.6) is 0 Å². The van der Waals surface area contributed by atoms with Crippen LogP contribution < -0.4 is 0 Å². The van der Waals surface area contributed by atoms with E-state index in [-0.39, 0.29) is 18.4 Å². The predicted molar refractivity (Wildman–Crippen MR) is 81.7 cm³/mol. The van der Waals surface area contributed by atoms with Crippen molar-refractivity contribution in [1.29, 1.82) is 0 Å². The van der Waals surface area contributed by atoms with Gasteiger partial charge in [-0.05, 0) is 37.1 Å². The number of amides is 1. The van der Waals surface area contributed by atoms with E-state index in [1.807, 2.05) is 18.2 Å². The molecule has 1 aliphatic rings. The number of pyridine rings is 1. The predicted octanol–water partition coefficient (Wildman–Crippen LogP) is 2.07. The van der Waals surface area contributed by atoms with E-state index in [2.05, 4.69) is 4.98 Å². The van der Waals surface area contributed by atoms with Crippen molar-refractivity contribution in [1.82, 2.24) is 9.88 Å². The van der Waals surface area contributed by atoms with E-state index in [0.717, 1.165) is 18.5 Å². The first-order valence-electron chi connectivity index (χ1n) is 7.62. The maximum absolute atomic E-state index is 12.6. The minimum absolute atomic E-state index is 0.0351. The molecule has 3 heterocycles. The van der Waals surface area contributed by atoms with Crippen molar-refractivity contribution in [2.45, 2.75) is 25.5 Å². The number of Topliss-reactive ketones (excluding diaryl/α,β-unsaturated/α-hetero) is 1. The third-order valence-corrected chi connectivity index (χ3v) is 3.75. The maximum atomic E-state index is 12.6. The highest BCUT2D eigenvalue weighted by atomic mass is 16.5. The Morgan fingerprint density at radius 1 is 1.26 bits per heavy atom. The zero-order chi connectivity index (χ0) is 16.1. The molecule has 0 bridgehead atoms. The van der Waals surface area contributed by atoms with Gasteiger partial charge in [0.1, 0.15) is 0 Å². The Balaban J connectivity index is 1.75. The molecule has 2 aromatic rings. The number of hydrogen-bond donors (Lipinski definition) is 0. The lowest BCUT2D eigenvalue weighted by Crippen LogP contribution is -2.41. The highest BCUT2D eigenvalue weighted by Crippen LogP contribution is 2.16. The summed E-state index contributed by atoms with van der Waals surface area (Å²) in [5.41, 5.74) is 0.728. The molecule has 0 N–H and O–H groups in total.